The number of likely N-dealkylation sites (tertiary alicyclic amines) is 4. The molecule has 12 unspecified atom stereocenters. The predicted octanol–water partition coefficient (Wildman–Crippen LogP) is 6.99. The number of ether oxygens (including phenoxy) is 8. The first-order valence-electron chi connectivity index (χ1n) is 32.4. The fraction of sp³-hybridized carbons (Fsp3) is 0.562. The Balaban J connectivity index is 0.0000000950. The Kier molecular flexibility index (Phi) is 13.3. The van der Waals surface area contributed by atoms with Gasteiger partial charge in [-0.25, -0.2) is 0 Å². The fourth-order valence-corrected chi connectivity index (χ4v) is 21.6. The lowest BCUT2D eigenvalue weighted by Gasteiger charge is -2.56. The van der Waals surface area contributed by atoms with Crippen LogP contribution in [-0.2, 0) is 52.1 Å². The first kappa shape index (κ1) is 58.0. The molecule has 4 aromatic carbocycles. The Morgan fingerprint density at radius 1 is 0.393 bits per heavy atom. The molecule has 8 aliphatic carbocycles. The first-order chi connectivity index (χ1) is 42.7. The summed E-state index contributed by atoms with van der Waals surface area (Å²) >= 11 is 0. The van der Waals surface area contributed by atoms with Crippen LogP contribution >= 0.6 is 0 Å². The van der Waals surface area contributed by atoms with Gasteiger partial charge in [0.25, 0.3) is 0 Å². The number of aromatic hydroxyl groups is 1. The van der Waals surface area contributed by atoms with Gasteiger partial charge in [0.2, 0.25) is 0 Å². The van der Waals surface area contributed by atoms with E-state index in [1.54, 1.807) is 34.5 Å². The van der Waals surface area contributed by atoms with E-state index in [1.807, 2.05) is 36.4 Å². The van der Waals surface area contributed by atoms with Crippen LogP contribution in [0.5, 0.6) is 46.0 Å². The van der Waals surface area contributed by atoms with E-state index in [2.05, 4.69) is 102 Å². The molecule has 4 N–H and O–H groups in total. The normalized spacial score (nSPS) is 40.6. The van der Waals surface area contributed by atoms with Gasteiger partial charge in [0.15, 0.2) is 46.0 Å². The number of piperidine rings is 4. The van der Waals surface area contributed by atoms with Gasteiger partial charge in [-0.2, -0.15) is 0 Å². The number of phenolic OH excluding ortho intramolecular Hbond substituents is 1. The van der Waals surface area contributed by atoms with Crippen LogP contribution in [-0.4, -0.2) is 196 Å². The summed E-state index contributed by atoms with van der Waals surface area (Å²) in [5.41, 5.74) is 10.4. The Morgan fingerprint density at radius 2 is 0.685 bits per heavy atom. The number of aliphatic hydroxyl groups is 3. The van der Waals surface area contributed by atoms with Crippen molar-refractivity contribution in [2.75, 3.05) is 82.8 Å². The molecule has 16 heteroatoms. The van der Waals surface area contributed by atoms with Crippen molar-refractivity contribution in [2.24, 2.45) is 23.7 Å². The minimum Gasteiger partial charge on any atom is -0.504 e. The third-order valence-electron chi connectivity index (χ3n) is 25.5. The number of nitrogens with zero attached hydrogens (tertiary/aromatic N) is 4. The van der Waals surface area contributed by atoms with Gasteiger partial charge in [0.1, 0.15) is 48.8 Å². The van der Waals surface area contributed by atoms with Gasteiger partial charge >= 0.3 is 0 Å². The summed E-state index contributed by atoms with van der Waals surface area (Å²) in [4.78, 5) is 9.90. The molecule has 472 valence electrons. The molecule has 16 nitrogen and oxygen atoms in total. The molecule has 20 rings (SSSR count). The number of benzene rings is 4. The second-order valence-electron chi connectivity index (χ2n) is 28.5. The van der Waals surface area contributed by atoms with Gasteiger partial charge < -0.3 is 77.9 Å². The van der Waals surface area contributed by atoms with Crippen LogP contribution in [0.1, 0.15) is 77.6 Å². The van der Waals surface area contributed by atoms with Crippen molar-refractivity contribution in [1.82, 2.24) is 19.6 Å². The number of hydrogen-bond donors (Lipinski definition) is 4. The summed E-state index contributed by atoms with van der Waals surface area (Å²) in [5.74, 6) is 7.69. The minimum atomic E-state index is -0.594. The molecule has 4 saturated heterocycles. The number of likely N-dealkylation sites (N-methyl/N-ethyl adjacent to an activating group) is 4. The summed E-state index contributed by atoms with van der Waals surface area (Å²) < 4.78 is 47.6. The smallest absolute Gasteiger partial charge is 0.165 e. The average Bonchev–Trinajstić information content (AvgIpc) is 1.64. The first-order valence-corrected chi connectivity index (χ1v) is 32.4. The van der Waals surface area contributed by atoms with Crippen LogP contribution in [0.2, 0.25) is 0 Å². The highest BCUT2D eigenvalue weighted by atomic mass is 16.6. The summed E-state index contributed by atoms with van der Waals surface area (Å²) in [5, 5.41) is 41.8. The predicted molar refractivity (Wildman–Crippen MR) is 336 cm³/mol. The van der Waals surface area contributed by atoms with E-state index in [9.17, 15) is 20.4 Å². The number of methoxy groups -OCH3 is 4. The van der Waals surface area contributed by atoms with Crippen molar-refractivity contribution in [3.63, 3.8) is 0 Å². The maximum atomic E-state index is 10.6. The van der Waals surface area contributed by atoms with Crippen molar-refractivity contribution in [3.05, 3.63) is 142 Å². The van der Waals surface area contributed by atoms with Gasteiger partial charge in [0, 0.05) is 98.9 Å². The highest BCUT2D eigenvalue weighted by Crippen LogP contribution is 2.67. The Hall–Kier alpha value is -6.08. The lowest BCUT2D eigenvalue weighted by Crippen LogP contribution is -2.65. The Labute approximate surface area is 523 Å². The van der Waals surface area contributed by atoms with Crippen LogP contribution in [0.15, 0.2) is 97.1 Å². The van der Waals surface area contributed by atoms with Crippen LogP contribution < -0.4 is 33.2 Å². The highest BCUT2D eigenvalue weighted by Gasteiger charge is 2.69. The van der Waals surface area contributed by atoms with E-state index >= 15 is 0 Å². The lowest BCUT2D eigenvalue weighted by atomic mass is 9.53. The molecule has 8 bridgehead atoms. The monoisotopic (exact) mass is 1210 g/mol. The summed E-state index contributed by atoms with van der Waals surface area (Å²) in [6, 6.07) is 18.5. The van der Waals surface area contributed by atoms with Crippen LogP contribution in [0.25, 0.3) is 0 Å². The van der Waals surface area contributed by atoms with E-state index in [4.69, 9.17) is 37.9 Å². The molecule has 8 heterocycles. The molecule has 0 aromatic heterocycles. The molecule has 20 atom stereocenters. The second-order valence-corrected chi connectivity index (χ2v) is 28.5. The zero-order chi connectivity index (χ0) is 60.2. The largest absolute Gasteiger partial charge is 0.504 e. The van der Waals surface area contributed by atoms with Crippen molar-refractivity contribution >= 4 is 0 Å². The standard InChI is InChI=1S/C19H23NO3.2C18H21NO3.C17H19NO3.CH4/c1-20-9-8-19-12-5-7-15(22-3)18(19)23-17-14(21-2)6-4-11(16(17)19)10-13(12)20;2*1-19-8-7-18-11-4-5-13(20)17(18)22-16-14(21-2)6-3-10(15(16)18)9-12(11)19;1-18-7-6-17-10-3-5-13(20)16(17)21-15-12(19)4-2-9(14(15)17)8-11(10)18;/h4-7,12-13,15,18H,8-10H2,1-3H3;2*3-6,11-13,17,20H,7-9H2,1-2H3;2-5,10-11,13,16,19-20H,6-8H2,1H3;1H4/t12?,13?,15-,18-,19?;2*11?,12?,13-,17-,18?;10?,11?,13-,16-,17?;/m0000./s1. The third-order valence-corrected chi connectivity index (χ3v) is 25.5. The molecular formula is C73H88N4O12. The third kappa shape index (κ3) is 7.40. The molecule has 0 radical (unpaired) electrons. The fourth-order valence-electron chi connectivity index (χ4n) is 21.6. The van der Waals surface area contributed by atoms with Crippen molar-refractivity contribution < 1.29 is 58.3 Å². The molecule has 0 amide bonds. The number of rotatable bonds is 4. The number of hydrogen-bond acceptors (Lipinski definition) is 16. The topological polar surface area (TPSA) is 168 Å². The van der Waals surface area contributed by atoms with E-state index in [1.165, 1.54) is 44.5 Å². The van der Waals surface area contributed by atoms with Gasteiger partial charge in [-0.3, -0.25) is 0 Å². The van der Waals surface area contributed by atoms with E-state index in [-0.39, 0.29) is 65.4 Å². The Morgan fingerprint density at radius 3 is 1.02 bits per heavy atom. The molecule has 16 aliphatic rings. The quantitative estimate of drug-likeness (QED) is 0.154. The molecular weight excluding hydrogens is 1120 g/mol. The number of phenols is 1. The molecule has 4 spiro atoms. The Bertz CT molecular complexity index is 3560. The summed E-state index contributed by atoms with van der Waals surface area (Å²) in [6.45, 7) is 4.23. The molecule has 8 aliphatic heterocycles. The minimum absolute atomic E-state index is 0. The van der Waals surface area contributed by atoms with Crippen LogP contribution in [0.3, 0.4) is 0 Å². The van der Waals surface area contributed by atoms with Gasteiger partial charge in [0.05, 0.1) is 21.3 Å². The van der Waals surface area contributed by atoms with Gasteiger partial charge in [-0.15, -0.1) is 0 Å². The van der Waals surface area contributed by atoms with E-state index in [0.29, 0.717) is 53.6 Å². The highest BCUT2D eigenvalue weighted by molar-refractivity contribution is 5.66. The van der Waals surface area contributed by atoms with Crippen molar-refractivity contribution in [1.29, 1.82) is 0 Å². The zero-order valence-corrected chi connectivity index (χ0v) is 51.8. The lowest BCUT2D eigenvalue weighted by molar-refractivity contribution is -0.0581. The molecule has 0 saturated carbocycles. The van der Waals surface area contributed by atoms with Crippen molar-refractivity contribution in [3.8, 4) is 46.0 Å². The molecule has 89 heavy (non-hydrogen) atoms. The molecule has 4 fully saturated rings. The van der Waals surface area contributed by atoms with Gasteiger partial charge in [-0.05, 0) is 152 Å². The van der Waals surface area contributed by atoms with Crippen LogP contribution in [0.4, 0.5) is 0 Å². The SMILES string of the molecule is C.CN1CCC23c4c5ccc(O)c4O[C@H]2[C@@H](O)C=CC3C1C5.COc1ccc2c3c1O[C@H]1[C@@H](O)C=CC4C(C2)N(C)CCC341.COc1ccc2c3c1O[C@H]1[C@@H](O)C=CC4C(C2)N(C)CCC341.COc1ccc2c3c1O[C@H]1[C@@H](OC)C=CC4C(C2)N(C)CCC341. The van der Waals surface area contributed by atoms with E-state index < -0.39 is 18.3 Å². The van der Waals surface area contributed by atoms with Gasteiger partial charge in [-0.1, -0.05) is 80.3 Å². The second kappa shape index (κ2) is 20.5. The average molecular weight is 1210 g/mol. The number of aliphatic hydroxyl groups excluding tert-OH is 3. The van der Waals surface area contributed by atoms with Crippen LogP contribution in [0, 0.1) is 23.7 Å². The summed E-state index contributed by atoms with van der Waals surface area (Å²) in [6.07, 6.45) is 23.1. The summed E-state index contributed by atoms with van der Waals surface area (Å²) in [7, 11) is 15.8. The van der Waals surface area contributed by atoms with E-state index in [0.717, 1.165) is 112 Å². The maximum Gasteiger partial charge on any atom is 0.165 e. The molecule has 4 aromatic rings. The van der Waals surface area contributed by atoms with Crippen molar-refractivity contribution in [2.45, 2.75) is 153 Å². The zero-order valence-electron chi connectivity index (χ0n) is 51.8. The maximum absolute atomic E-state index is 10.6.